The number of ether oxygens (including phenoxy) is 1. The molecule has 0 aliphatic carbocycles. The van der Waals surface area contributed by atoms with Crippen molar-refractivity contribution in [2.24, 2.45) is 5.92 Å². The molecule has 0 saturated carbocycles. The molecule has 1 aliphatic heterocycles. The van der Waals surface area contributed by atoms with Crippen LogP contribution < -0.4 is 4.90 Å². The summed E-state index contributed by atoms with van der Waals surface area (Å²) in [7, 11) is 1.68. The number of nitrogens with zero attached hydrogens (tertiary/aromatic N) is 2. The van der Waals surface area contributed by atoms with Crippen LogP contribution in [0.15, 0.2) is 18.2 Å². The quantitative estimate of drug-likeness (QED) is 0.682. The first-order valence-electron chi connectivity index (χ1n) is 7.18. The van der Waals surface area contributed by atoms with E-state index < -0.39 is 6.10 Å². The maximum absolute atomic E-state index is 11.3. The van der Waals surface area contributed by atoms with E-state index in [1.807, 2.05) is 4.90 Å². The highest BCUT2D eigenvalue weighted by Gasteiger charge is 2.29. The number of benzene rings is 1. The van der Waals surface area contributed by atoms with Crippen molar-refractivity contribution >= 4 is 11.4 Å². The molecule has 116 valence electrons. The summed E-state index contributed by atoms with van der Waals surface area (Å²) >= 11 is 0. The lowest BCUT2D eigenvalue weighted by atomic mass is 9.95. The Hall–Kier alpha value is -1.66. The molecule has 0 aromatic heterocycles. The van der Waals surface area contributed by atoms with Gasteiger partial charge in [0.15, 0.2) is 0 Å². The third-order valence-corrected chi connectivity index (χ3v) is 4.21. The summed E-state index contributed by atoms with van der Waals surface area (Å²) in [6.45, 7) is 5.15. The lowest BCUT2D eigenvalue weighted by Crippen LogP contribution is -2.44. The molecule has 1 aliphatic rings. The van der Waals surface area contributed by atoms with Gasteiger partial charge in [-0.2, -0.15) is 0 Å². The van der Waals surface area contributed by atoms with Crippen molar-refractivity contribution in [1.82, 2.24) is 0 Å². The Morgan fingerprint density at radius 1 is 1.52 bits per heavy atom. The minimum Gasteiger partial charge on any atom is -0.389 e. The lowest BCUT2D eigenvalue weighted by molar-refractivity contribution is -0.384. The molecule has 1 aromatic rings. The molecule has 1 aromatic carbocycles. The summed E-state index contributed by atoms with van der Waals surface area (Å²) in [5.41, 5.74) is 1.19. The number of aliphatic hydroxyl groups is 1. The first-order chi connectivity index (χ1) is 9.93. The fourth-order valence-corrected chi connectivity index (χ4v) is 2.77. The predicted molar refractivity (Wildman–Crippen MR) is 80.5 cm³/mol. The molecule has 3 atom stereocenters. The van der Waals surface area contributed by atoms with Crippen LogP contribution >= 0.6 is 0 Å². The maximum Gasteiger partial charge on any atom is 0.292 e. The zero-order valence-corrected chi connectivity index (χ0v) is 12.7. The first-order valence-corrected chi connectivity index (χ1v) is 7.18. The van der Waals surface area contributed by atoms with Gasteiger partial charge in [0.2, 0.25) is 0 Å². The van der Waals surface area contributed by atoms with Gasteiger partial charge in [0, 0.05) is 26.3 Å². The Morgan fingerprint density at radius 2 is 2.24 bits per heavy atom. The van der Waals surface area contributed by atoms with Gasteiger partial charge in [0.1, 0.15) is 5.69 Å². The first kappa shape index (κ1) is 15.7. The minimum absolute atomic E-state index is 0.0396. The summed E-state index contributed by atoms with van der Waals surface area (Å²) in [5, 5.41) is 20.9. The summed E-state index contributed by atoms with van der Waals surface area (Å²) in [5.74, 6) is 0.446. The highest BCUT2D eigenvalue weighted by atomic mass is 16.6. The van der Waals surface area contributed by atoms with E-state index in [1.54, 1.807) is 26.2 Å². The van der Waals surface area contributed by atoms with E-state index in [4.69, 9.17) is 4.74 Å². The van der Waals surface area contributed by atoms with Gasteiger partial charge in [-0.1, -0.05) is 13.0 Å². The molecule has 2 rings (SSSR count). The normalized spacial score (nSPS) is 23.9. The van der Waals surface area contributed by atoms with Crippen LogP contribution in [0.5, 0.6) is 0 Å². The zero-order valence-electron chi connectivity index (χ0n) is 12.7. The van der Waals surface area contributed by atoms with Crippen LogP contribution in [0.4, 0.5) is 11.4 Å². The number of methoxy groups -OCH3 is 1. The molecule has 0 radical (unpaired) electrons. The topological polar surface area (TPSA) is 75.8 Å². The molecule has 0 amide bonds. The van der Waals surface area contributed by atoms with E-state index in [9.17, 15) is 15.2 Å². The maximum atomic E-state index is 11.3. The van der Waals surface area contributed by atoms with E-state index in [-0.39, 0.29) is 16.7 Å². The molecule has 6 nitrogen and oxygen atoms in total. The van der Waals surface area contributed by atoms with Crippen LogP contribution in [-0.2, 0) is 4.74 Å². The summed E-state index contributed by atoms with van der Waals surface area (Å²) < 4.78 is 5.47. The van der Waals surface area contributed by atoms with Gasteiger partial charge in [-0.25, -0.2) is 0 Å². The fraction of sp³-hybridized carbons (Fsp3) is 0.600. The van der Waals surface area contributed by atoms with Gasteiger partial charge in [-0.3, -0.25) is 10.1 Å². The Labute approximate surface area is 124 Å². The van der Waals surface area contributed by atoms with Gasteiger partial charge >= 0.3 is 0 Å². The molecule has 0 bridgehead atoms. The van der Waals surface area contributed by atoms with Crippen LogP contribution in [0.3, 0.4) is 0 Å². The van der Waals surface area contributed by atoms with E-state index >= 15 is 0 Å². The standard InChI is InChI=1S/C15H22N2O4/c1-10-6-7-16(9-15(10)21-3)13-5-4-12(11(2)18)8-14(13)17(19)20/h4-5,8,10-11,15,18H,6-7,9H2,1-3H3. The molecule has 1 fully saturated rings. The molecule has 1 N–H and O–H groups in total. The van der Waals surface area contributed by atoms with Crippen molar-refractivity contribution in [2.75, 3.05) is 25.1 Å². The molecule has 1 heterocycles. The Balaban J connectivity index is 2.32. The van der Waals surface area contributed by atoms with Crippen molar-refractivity contribution in [3.8, 4) is 0 Å². The SMILES string of the molecule is COC1CN(c2ccc(C(C)O)cc2[N+](=O)[O-])CCC1C. The van der Waals surface area contributed by atoms with Gasteiger partial charge < -0.3 is 14.7 Å². The Kier molecular flexibility index (Phi) is 4.80. The average Bonchev–Trinajstić information content (AvgIpc) is 2.47. The molecule has 1 saturated heterocycles. The Morgan fingerprint density at radius 3 is 2.81 bits per heavy atom. The van der Waals surface area contributed by atoms with Crippen LogP contribution in [0, 0.1) is 16.0 Å². The molecular formula is C15H22N2O4. The summed E-state index contributed by atoms with van der Waals surface area (Å²) in [4.78, 5) is 12.9. The third kappa shape index (κ3) is 3.33. The number of anilines is 1. The molecule has 0 spiro atoms. The molecule has 6 heteroatoms. The van der Waals surface area contributed by atoms with Crippen molar-refractivity contribution in [3.63, 3.8) is 0 Å². The van der Waals surface area contributed by atoms with E-state index in [0.29, 0.717) is 23.7 Å². The largest absolute Gasteiger partial charge is 0.389 e. The Bertz CT molecular complexity index is 518. The van der Waals surface area contributed by atoms with Crippen molar-refractivity contribution in [3.05, 3.63) is 33.9 Å². The summed E-state index contributed by atoms with van der Waals surface area (Å²) in [6, 6.07) is 4.93. The minimum atomic E-state index is -0.717. The lowest BCUT2D eigenvalue weighted by Gasteiger charge is -2.37. The zero-order chi connectivity index (χ0) is 15.6. The second-order valence-corrected chi connectivity index (χ2v) is 5.67. The van der Waals surface area contributed by atoms with Crippen molar-refractivity contribution < 1.29 is 14.8 Å². The average molecular weight is 294 g/mol. The van der Waals surface area contributed by atoms with Gasteiger partial charge in [-0.15, -0.1) is 0 Å². The molecule has 21 heavy (non-hydrogen) atoms. The van der Waals surface area contributed by atoms with Crippen LogP contribution in [0.1, 0.15) is 31.9 Å². The molecular weight excluding hydrogens is 272 g/mol. The number of nitro groups is 1. The monoisotopic (exact) mass is 294 g/mol. The van der Waals surface area contributed by atoms with Crippen molar-refractivity contribution in [1.29, 1.82) is 0 Å². The van der Waals surface area contributed by atoms with Crippen molar-refractivity contribution in [2.45, 2.75) is 32.5 Å². The van der Waals surface area contributed by atoms with Gasteiger partial charge in [0.05, 0.1) is 17.1 Å². The second-order valence-electron chi connectivity index (χ2n) is 5.67. The molecule has 3 unspecified atom stereocenters. The number of hydrogen-bond donors (Lipinski definition) is 1. The van der Waals surface area contributed by atoms with Crippen LogP contribution in [0.25, 0.3) is 0 Å². The van der Waals surface area contributed by atoms with Crippen LogP contribution in [0.2, 0.25) is 0 Å². The van der Waals surface area contributed by atoms with E-state index in [2.05, 4.69) is 6.92 Å². The van der Waals surface area contributed by atoms with Crippen LogP contribution in [-0.4, -0.2) is 36.3 Å². The van der Waals surface area contributed by atoms with Gasteiger partial charge in [-0.05, 0) is 30.9 Å². The number of rotatable bonds is 4. The predicted octanol–water partition coefficient (Wildman–Crippen LogP) is 2.51. The number of aliphatic hydroxyl groups excluding tert-OH is 1. The number of nitro benzene ring substituents is 1. The smallest absolute Gasteiger partial charge is 0.292 e. The van der Waals surface area contributed by atoms with E-state index in [0.717, 1.165) is 13.0 Å². The van der Waals surface area contributed by atoms with Gasteiger partial charge in [0.25, 0.3) is 5.69 Å². The highest BCUT2D eigenvalue weighted by molar-refractivity contribution is 5.65. The fourth-order valence-electron chi connectivity index (χ4n) is 2.77. The number of hydrogen-bond acceptors (Lipinski definition) is 5. The highest BCUT2D eigenvalue weighted by Crippen LogP contribution is 2.34. The van der Waals surface area contributed by atoms with E-state index in [1.165, 1.54) is 6.07 Å². The summed E-state index contributed by atoms with van der Waals surface area (Å²) in [6.07, 6.45) is 0.300. The second kappa shape index (κ2) is 6.41. The third-order valence-electron chi connectivity index (χ3n) is 4.21. The number of piperidine rings is 1.